The first-order valence-electron chi connectivity index (χ1n) is 12.9. The van der Waals surface area contributed by atoms with Gasteiger partial charge in [-0.2, -0.15) is 0 Å². The van der Waals surface area contributed by atoms with Gasteiger partial charge in [0.05, 0.1) is 33.9 Å². The summed E-state index contributed by atoms with van der Waals surface area (Å²) < 4.78 is 5.47. The number of aldehydes is 1. The summed E-state index contributed by atoms with van der Waals surface area (Å²) in [7, 11) is 0. The summed E-state index contributed by atoms with van der Waals surface area (Å²) in [6, 6.07) is 8.61. The van der Waals surface area contributed by atoms with Crippen LogP contribution in [-0.4, -0.2) is 56.9 Å². The molecule has 0 unspecified atom stereocenters. The lowest BCUT2D eigenvalue weighted by molar-refractivity contribution is -0.141. The third kappa shape index (κ3) is 6.02. The summed E-state index contributed by atoms with van der Waals surface area (Å²) in [5, 5.41) is 17.4. The molecule has 0 radical (unpaired) electrons. The maximum atomic E-state index is 13.7. The number of β-amino-alcohol motifs (C(OH)–C–C–N with tert-alkyl or cyclic N) is 1. The van der Waals surface area contributed by atoms with Crippen molar-refractivity contribution in [3.8, 4) is 10.4 Å². The number of aromatic nitrogens is 2. The van der Waals surface area contributed by atoms with Crippen LogP contribution in [0.5, 0.6) is 0 Å². The van der Waals surface area contributed by atoms with Gasteiger partial charge >= 0.3 is 0 Å². The molecule has 38 heavy (non-hydrogen) atoms. The summed E-state index contributed by atoms with van der Waals surface area (Å²) in [5.74, 6) is -0.983. The van der Waals surface area contributed by atoms with Crippen molar-refractivity contribution in [2.75, 3.05) is 6.54 Å². The Bertz CT molecular complexity index is 1270. The molecule has 1 fully saturated rings. The highest BCUT2D eigenvalue weighted by atomic mass is 32.1. The van der Waals surface area contributed by atoms with Crippen molar-refractivity contribution in [2.24, 2.45) is 5.92 Å². The van der Waals surface area contributed by atoms with Crippen molar-refractivity contribution < 1.29 is 24.0 Å². The second-order valence-electron chi connectivity index (χ2n) is 10.2. The predicted molar refractivity (Wildman–Crippen MR) is 143 cm³/mol. The zero-order valence-electron chi connectivity index (χ0n) is 22.1. The number of carbonyl (C=O) groups excluding carboxylic acids is 3. The van der Waals surface area contributed by atoms with Crippen molar-refractivity contribution in [2.45, 2.75) is 71.1 Å². The largest absolute Gasteiger partial charge is 0.391 e. The van der Waals surface area contributed by atoms with Crippen LogP contribution in [0.4, 0.5) is 0 Å². The predicted octanol–water partition coefficient (Wildman–Crippen LogP) is 3.82. The van der Waals surface area contributed by atoms with E-state index in [1.165, 1.54) is 4.90 Å². The molecule has 0 aliphatic carbocycles. The van der Waals surface area contributed by atoms with E-state index in [1.54, 1.807) is 17.4 Å². The van der Waals surface area contributed by atoms with Gasteiger partial charge in [-0.25, -0.2) is 4.98 Å². The quantitative estimate of drug-likeness (QED) is 0.376. The van der Waals surface area contributed by atoms with E-state index in [0.29, 0.717) is 24.3 Å². The molecule has 1 aliphatic heterocycles. The lowest BCUT2D eigenvalue weighted by Gasteiger charge is -2.29. The number of amides is 2. The van der Waals surface area contributed by atoms with Crippen molar-refractivity contribution in [3.05, 3.63) is 58.6 Å². The van der Waals surface area contributed by atoms with Crippen molar-refractivity contribution in [1.29, 1.82) is 0 Å². The van der Waals surface area contributed by atoms with Gasteiger partial charge in [-0.15, -0.1) is 11.3 Å². The van der Waals surface area contributed by atoms with Crippen LogP contribution < -0.4 is 5.32 Å². The average Bonchev–Trinajstić information content (AvgIpc) is 3.62. The van der Waals surface area contributed by atoms with Gasteiger partial charge in [-0.05, 0) is 37.3 Å². The van der Waals surface area contributed by atoms with Crippen LogP contribution in [-0.2, 0) is 20.8 Å². The smallest absolute Gasteiger partial charge is 0.243 e. The van der Waals surface area contributed by atoms with Crippen LogP contribution in [0.3, 0.4) is 0 Å². The standard InChI is InChI=1S/C28H34N4O5S/c1-16(2)25(24-12-21(31-37-24)6-5-11-33)28(36)32-14-22(34)13-23(32)27(35)30-17(3)19-7-9-20(10-8-19)26-18(4)29-15-38-26/h7-12,15-17,22-23,25,34H,5-6,13-14H2,1-4H3,(H,30,35)/t17-,22+,23-,25+/m0/s1. The summed E-state index contributed by atoms with van der Waals surface area (Å²) in [6.07, 6.45) is 0.935. The normalized spacial score (nSPS) is 18.9. The van der Waals surface area contributed by atoms with E-state index in [2.05, 4.69) is 15.5 Å². The molecule has 2 aromatic heterocycles. The van der Waals surface area contributed by atoms with E-state index in [4.69, 9.17) is 4.52 Å². The van der Waals surface area contributed by atoms with Crippen molar-refractivity contribution >= 4 is 29.4 Å². The number of nitrogens with one attached hydrogen (secondary N) is 1. The third-order valence-electron chi connectivity index (χ3n) is 6.98. The molecule has 0 bridgehead atoms. The molecule has 0 spiro atoms. The molecule has 202 valence electrons. The second-order valence-corrected chi connectivity index (χ2v) is 11.0. The van der Waals surface area contributed by atoms with E-state index in [0.717, 1.165) is 28.0 Å². The number of likely N-dealkylation sites (tertiary alicyclic amines) is 1. The lowest BCUT2D eigenvalue weighted by atomic mass is 9.91. The van der Waals surface area contributed by atoms with Gasteiger partial charge in [0, 0.05) is 25.5 Å². The van der Waals surface area contributed by atoms with E-state index < -0.39 is 18.1 Å². The number of hydrogen-bond acceptors (Lipinski definition) is 8. The first-order valence-corrected chi connectivity index (χ1v) is 13.8. The fourth-order valence-electron chi connectivity index (χ4n) is 4.91. The van der Waals surface area contributed by atoms with E-state index in [-0.39, 0.29) is 36.7 Å². The zero-order chi connectivity index (χ0) is 27.4. The van der Waals surface area contributed by atoms with Crippen LogP contribution in [0.1, 0.15) is 68.3 Å². The molecule has 1 aliphatic rings. The number of carbonyl (C=O) groups is 3. The van der Waals surface area contributed by atoms with Crippen molar-refractivity contribution in [1.82, 2.24) is 20.4 Å². The molecule has 4 atom stereocenters. The second kappa shape index (κ2) is 12.0. The van der Waals surface area contributed by atoms with Crippen LogP contribution in [0.2, 0.25) is 0 Å². The Balaban J connectivity index is 1.46. The summed E-state index contributed by atoms with van der Waals surface area (Å²) in [5.41, 5.74) is 5.42. The van der Waals surface area contributed by atoms with E-state index in [1.807, 2.05) is 57.5 Å². The Morgan fingerprint density at radius 2 is 2.00 bits per heavy atom. The minimum Gasteiger partial charge on any atom is -0.391 e. The number of nitrogens with zero attached hydrogens (tertiary/aromatic N) is 3. The number of benzene rings is 1. The van der Waals surface area contributed by atoms with Crippen LogP contribution in [0.25, 0.3) is 10.4 Å². The van der Waals surface area contributed by atoms with Gasteiger partial charge in [0.25, 0.3) is 0 Å². The number of aryl methyl sites for hydroxylation is 2. The van der Waals surface area contributed by atoms with Crippen LogP contribution in [0.15, 0.2) is 40.4 Å². The van der Waals surface area contributed by atoms with Crippen molar-refractivity contribution in [3.63, 3.8) is 0 Å². The van der Waals surface area contributed by atoms with Gasteiger partial charge in [0.1, 0.15) is 24.0 Å². The fourth-order valence-corrected chi connectivity index (χ4v) is 5.73. The van der Waals surface area contributed by atoms with E-state index in [9.17, 15) is 19.5 Å². The molecule has 2 amide bonds. The van der Waals surface area contributed by atoms with Crippen LogP contribution >= 0.6 is 11.3 Å². The number of thiazole rings is 1. The average molecular weight is 539 g/mol. The molecule has 1 saturated heterocycles. The molecule has 2 N–H and O–H groups in total. The topological polar surface area (TPSA) is 126 Å². The third-order valence-corrected chi connectivity index (χ3v) is 7.95. The summed E-state index contributed by atoms with van der Waals surface area (Å²) >= 11 is 1.59. The number of aliphatic hydroxyl groups is 1. The number of rotatable bonds is 10. The molecule has 10 heteroatoms. The Morgan fingerprint density at radius 3 is 2.63 bits per heavy atom. The Labute approximate surface area is 226 Å². The first kappa shape index (κ1) is 27.7. The Morgan fingerprint density at radius 1 is 1.26 bits per heavy atom. The zero-order valence-corrected chi connectivity index (χ0v) is 22.9. The fraction of sp³-hybridized carbons (Fsp3) is 0.464. The summed E-state index contributed by atoms with van der Waals surface area (Å²) in [4.78, 5) is 44.6. The van der Waals surface area contributed by atoms with Crippen LogP contribution in [0, 0.1) is 12.8 Å². The molecular formula is C28H34N4O5S. The summed E-state index contributed by atoms with van der Waals surface area (Å²) in [6.45, 7) is 7.75. The Hall–Kier alpha value is -3.37. The van der Waals surface area contributed by atoms with Gasteiger partial charge in [0.15, 0.2) is 0 Å². The van der Waals surface area contributed by atoms with Gasteiger partial charge < -0.3 is 24.6 Å². The highest BCUT2D eigenvalue weighted by Crippen LogP contribution is 2.32. The molecule has 1 aromatic carbocycles. The highest BCUT2D eigenvalue weighted by molar-refractivity contribution is 7.13. The first-order chi connectivity index (χ1) is 18.2. The van der Waals surface area contributed by atoms with Gasteiger partial charge in [0.2, 0.25) is 11.8 Å². The molecule has 3 aromatic rings. The minimum absolute atomic E-state index is 0.0730. The highest BCUT2D eigenvalue weighted by Gasteiger charge is 2.43. The molecule has 0 saturated carbocycles. The monoisotopic (exact) mass is 538 g/mol. The minimum atomic E-state index is -0.794. The maximum Gasteiger partial charge on any atom is 0.243 e. The molecule has 4 rings (SSSR count). The van der Waals surface area contributed by atoms with E-state index >= 15 is 0 Å². The van der Waals surface area contributed by atoms with Gasteiger partial charge in [-0.1, -0.05) is 43.3 Å². The molecule has 9 nitrogen and oxygen atoms in total. The SMILES string of the molecule is Cc1ncsc1-c1ccc([C@H](C)NC(=O)[C@@H]2C[C@@H](O)CN2C(=O)[C@@H](c2cc(CCC=O)no2)C(C)C)cc1. The number of aliphatic hydroxyl groups excluding tert-OH is 1. The van der Waals surface area contributed by atoms with Gasteiger partial charge in [-0.3, -0.25) is 9.59 Å². The maximum absolute atomic E-state index is 13.7. The molecular weight excluding hydrogens is 504 g/mol. The lowest BCUT2D eigenvalue weighted by Crippen LogP contribution is -2.48. The molecule has 3 heterocycles. The number of hydrogen-bond donors (Lipinski definition) is 2. The Kier molecular flexibility index (Phi) is 8.73.